The lowest BCUT2D eigenvalue weighted by Crippen LogP contribution is -2.19. The summed E-state index contributed by atoms with van der Waals surface area (Å²) in [4.78, 5) is 0. The molecular weight excluding hydrogens is 230 g/mol. The van der Waals surface area contributed by atoms with Crippen LogP contribution in [-0.2, 0) is 4.74 Å². The van der Waals surface area contributed by atoms with Crippen LogP contribution in [0.2, 0.25) is 0 Å². The monoisotopic (exact) mass is 244 g/mol. The molecular formula is C9H15Cl3O. The number of alkyl halides is 3. The summed E-state index contributed by atoms with van der Waals surface area (Å²) in [6, 6.07) is 0. The predicted molar refractivity (Wildman–Crippen MR) is 57.7 cm³/mol. The summed E-state index contributed by atoms with van der Waals surface area (Å²) < 4.78 is 4.09. The number of rotatable bonds is 3. The Labute approximate surface area is 94.7 Å². The highest BCUT2D eigenvalue weighted by Crippen LogP contribution is 2.28. The summed E-state index contributed by atoms with van der Waals surface area (Å²) in [5.41, 5.74) is 0. The Kier molecular flexibility index (Phi) is 5.17. The molecule has 0 saturated heterocycles. The van der Waals surface area contributed by atoms with E-state index in [1.165, 1.54) is 32.1 Å². The van der Waals surface area contributed by atoms with Crippen molar-refractivity contribution < 1.29 is 4.74 Å². The fraction of sp³-hybridized carbons (Fsp3) is 1.00. The van der Waals surface area contributed by atoms with Gasteiger partial charge in [0.15, 0.2) is 0 Å². The predicted octanol–water partition coefficient (Wildman–Crippen LogP) is 3.95. The molecule has 0 aliphatic heterocycles. The van der Waals surface area contributed by atoms with Crippen molar-refractivity contribution in [1.82, 2.24) is 0 Å². The van der Waals surface area contributed by atoms with E-state index in [1.807, 2.05) is 0 Å². The van der Waals surface area contributed by atoms with Gasteiger partial charge in [0.1, 0.15) is 0 Å². The minimum Gasteiger partial charge on any atom is -0.377 e. The maximum atomic E-state index is 5.56. The van der Waals surface area contributed by atoms with Gasteiger partial charge in [-0.1, -0.05) is 54.1 Å². The molecule has 0 unspecified atom stereocenters. The summed E-state index contributed by atoms with van der Waals surface area (Å²) in [5, 5.41) is 0. The van der Waals surface area contributed by atoms with Crippen molar-refractivity contribution >= 4 is 34.8 Å². The summed E-state index contributed by atoms with van der Waals surface area (Å²) in [7, 11) is 0. The minimum atomic E-state index is -1.26. The van der Waals surface area contributed by atoms with Crippen molar-refractivity contribution in [2.45, 2.75) is 35.9 Å². The van der Waals surface area contributed by atoms with Crippen molar-refractivity contribution in [2.75, 3.05) is 13.2 Å². The fourth-order valence-corrected chi connectivity index (χ4v) is 1.93. The molecule has 1 aliphatic carbocycles. The molecule has 0 aromatic heterocycles. The van der Waals surface area contributed by atoms with Crippen LogP contribution in [0.4, 0.5) is 0 Å². The molecule has 1 fully saturated rings. The lowest BCUT2D eigenvalue weighted by molar-refractivity contribution is 0.0889. The second-order valence-electron chi connectivity index (χ2n) is 3.63. The molecule has 0 atom stereocenters. The zero-order valence-electron chi connectivity index (χ0n) is 7.57. The van der Waals surface area contributed by atoms with Gasteiger partial charge in [-0.05, 0) is 18.8 Å². The van der Waals surface area contributed by atoms with Crippen molar-refractivity contribution in [3.8, 4) is 0 Å². The Bertz CT molecular complexity index is 138. The first-order valence-corrected chi connectivity index (χ1v) is 5.86. The number of hydrogen-bond donors (Lipinski definition) is 0. The van der Waals surface area contributed by atoms with E-state index in [0.29, 0.717) is 5.92 Å². The van der Waals surface area contributed by atoms with Crippen LogP contribution in [0.25, 0.3) is 0 Å². The molecule has 1 saturated carbocycles. The molecule has 0 aromatic carbocycles. The Morgan fingerprint density at radius 3 is 2.23 bits per heavy atom. The number of ether oxygens (including phenoxy) is 1. The smallest absolute Gasteiger partial charge is 0.213 e. The first-order chi connectivity index (χ1) is 6.08. The summed E-state index contributed by atoms with van der Waals surface area (Å²) in [5.74, 6) is 0.682. The summed E-state index contributed by atoms with van der Waals surface area (Å²) >= 11 is 16.7. The molecule has 1 nitrogen and oxygen atoms in total. The Hall–Kier alpha value is 0.830. The highest BCUT2D eigenvalue weighted by atomic mass is 35.6. The van der Waals surface area contributed by atoms with E-state index in [-0.39, 0.29) is 6.61 Å². The average molecular weight is 246 g/mol. The van der Waals surface area contributed by atoms with Gasteiger partial charge in [-0.15, -0.1) is 0 Å². The lowest BCUT2D eigenvalue weighted by atomic mass is 9.90. The first-order valence-electron chi connectivity index (χ1n) is 4.72. The van der Waals surface area contributed by atoms with Crippen LogP contribution in [0.1, 0.15) is 32.1 Å². The third-order valence-electron chi connectivity index (χ3n) is 2.34. The molecule has 13 heavy (non-hydrogen) atoms. The normalized spacial score (nSPS) is 20.5. The van der Waals surface area contributed by atoms with Gasteiger partial charge < -0.3 is 4.74 Å². The van der Waals surface area contributed by atoms with Gasteiger partial charge in [0.25, 0.3) is 0 Å². The molecule has 0 spiro atoms. The van der Waals surface area contributed by atoms with Gasteiger partial charge in [-0.25, -0.2) is 0 Å². The van der Waals surface area contributed by atoms with E-state index in [4.69, 9.17) is 39.5 Å². The van der Waals surface area contributed by atoms with E-state index in [2.05, 4.69) is 0 Å². The van der Waals surface area contributed by atoms with Crippen molar-refractivity contribution in [3.63, 3.8) is 0 Å². The zero-order valence-corrected chi connectivity index (χ0v) is 9.84. The number of halogens is 3. The SMILES string of the molecule is ClC(Cl)(Cl)COCC1CCCCC1. The molecule has 0 amide bonds. The van der Waals surface area contributed by atoms with Crippen LogP contribution in [0, 0.1) is 5.92 Å². The van der Waals surface area contributed by atoms with Crippen molar-refractivity contribution in [1.29, 1.82) is 0 Å². The van der Waals surface area contributed by atoms with Crippen LogP contribution in [0.3, 0.4) is 0 Å². The van der Waals surface area contributed by atoms with Gasteiger partial charge in [0.05, 0.1) is 6.61 Å². The average Bonchev–Trinajstić information content (AvgIpc) is 2.04. The highest BCUT2D eigenvalue weighted by molar-refractivity contribution is 6.67. The highest BCUT2D eigenvalue weighted by Gasteiger charge is 2.21. The first kappa shape index (κ1) is 11.9. The molecule has 78 valence electrons. The van der Waals surface area contributed by atoms with E-state index in [1.54, 1.807) is 0 Å². The molecule has 4 heteroatoms. The van der Waals surface area contributed by atoms with E-state index in [9.17, 15) is 0 Å². The van der Waals surface area contributed by atoms with Crippen molar-refractivity contribution in [2.24, 2.45) is 5.92 Å². The van der Waals surface area contributed by atoms with Gasteiger partial charge >= 0.3 is 0 Å². The molecule has 0 radical (unpaired) electrons. The van der Waals surface area contributed by atoms with Crippen molar-refractivity contribution in [3.05, 3.63) is 0 Å². The second kappa shape index (κ2) is 5.65. The van der Waals surface area contributed by atoms with E-state index >= 15 is 0 Å². The maximum Gasteiger partial charge on any atom is 0.213 e. The molecule has 1 aliphatic rings. The number of hydrogen-bond acceptors (Lipinski definition) is 1. The fourth-order valence-electron chi connectivity index (χ4n) is 1.70. The summed E-state index contributed by atoms with van der Waals surface area (Å²) in [6.45, 7) is 0.947. The third-order valence-corrected chi connectivity index (χ3v) is 2.67. The zero-order chi connectivity index (χ0) is 9.73. The Morgan fingerprint density at radius 1 is 1.08 bits per heavy atom. The van der Waals surface area contributed by atoms with Gasteiger partial charge in [-0.2, -0.15) is 0 Å². The quantitative estimate of drug-likeness (QED) is 0.684. The second-order valence-corrected chi connectivity index (χ2v) is 6.15. The molecule has 0 aromatic rings. The largest absolute Gasteiger partial charge is 0.377 e. The van der Waals surface area contributed by atoms with Crippen LogP contribution >= 0.6 is 34.8 Å². The summed E-state index contributed by atoms with van der Waals surface area (Å²) in [6.07, 6.45) is 6.53. The molecule has 0 heterocycles. The van der Waals surface area contributed by atoms with Crippen LogP contribution in [0.5, 0.6) is 0 Å². The maximum absolute atomic E-state index is 5.56. The Balaban J connectivity index is 2.04. The van der Waals surface area contributed by atoms with Crippen LogP contribution < -0.4 is 0 Å². The molecule has 0 bridgehead atoms. The standard InChI is InChI=1S/C9H15Cl3O/c10-9(11,12)7-13-6-8-4-2-1-3-5-8/h8H,1-7H2. The molecule has 1 rings (SSSR count). The van der Waals surface area contributed by atoms with Gasteiger partial charge in [0, 0.05) is 6.61 Å². The van der Waals surface area contributed by atoms with E-state index in [0.717, 1.165) is 6.61 Å². The van der Waals surface area contributed by atoms with E-state index < -0.39 is 3.79 Å². The van der Waals surface area contributed by atoms with Crippen LogP contribution in [0.15, 0.2) is 0 Å². The Morgan fingerprint density at radius 2 is 1.69 bits per heavy atom. The minimum absolute atomic E-state index is 0.203. The molecule has 0 N–H and O–H groups in total. The van der Waals surface area contributed by atoms with Gasteiger partial charge in [0.2, 0.25) is 3.79 Å². The third kappa shape index (κ3) is 6.01. The topological polar surface area (TPSA) is 9.23 Å². The van der Waals surface area contributed by atoms with Gasteiger partial charge in [-0.3, -0.25) is 0 Å². The lowest BCUT2D eigenvalue weighted by Gasteiger charge is -2.22. The van der Waals surface area contributed by atoms with Crippen LogP contribution in [-0.4, -0.2) is 17.0 Å².